The van der Waals surface area contributed by atoms with Crippen LogP contribution >= 0.6 is 15.9 Å². The van der Waals surface area contributed by atoms with E-state index in [-0.39, 0.29) is 4.90 Å². The van der Waals surface area contributed by atoms with E-state index in [2.05, 4.69) is 15.9 Å². The molecule has 1 heterocycles. The Morgan fingerprint density at radius 3 is 2.11 bits per heavy atom. The number of alkyl halides is 3. The molecule has 18 heavy (non-hydrogen) atoms. The molecule has 0 radical (unpaired) electrons. The summed E-state index contributed by atoms with van der Waals surface area (Å²) in [6, 6.07) is 5.79. The van der Waals surface area contributed by atoms with Crippen LogP contribution in [0.1, 0.15) is 0 Å². The highest BCUT2D eigenvalue weighted by Crippen LogP contribution is 2.36. The predicted molar refractivity (Wildman–Crippen MR) is 62.4 cm³/mol. The Morgan fingerprint density at radius 2 is 1.67 bits per heavy atom. The zero-order valence-corrected chi connectivity index (χ0v) is 11.4. The fourth-order valence-corrected chi connectivity index (χ4v) is 3.39. The maximum absolute atomic E-state index is 12.3. The van der Waals surface area contributed by atoms with E-state index in [1.54, 1.807) is 0 Å². The maximum atomic E-state index is 12.3. The molecule has 0 N–H and O–H groups in total. The van der Waals surface area contributed by atoms with Gasteiger partial charge in [0.05, 0.1) is 10.8 Å². The topological polar surface area (TPSA) is 37.4 Å². The first kappa shape index (κ1) is 13.8. The van der Waals surface area contributed by atoms with E-state index in [0.29, 0.717) is 4.47 Å². The van der Waals surface area contributed by atoms with Crippen LogP contribution in [0.15, 0.2) is 33.6 Å². The molecule has 0 atom stereocenters. The number of halogens is 4. The van der Waals surface area contributed by atoms with Crippen LogP contribution in [-0.2, 0) is 10.0 Å². The van der Waals surface area contributed by atoms with Gasteiger partial charge in [-0.1, -0.05) is 15.9 Å². The third-order valence-electron chi connectivity index (χ3n) is 2.76. The minimum absolute atomic E-state index is 0.00586. The Balaban J connectivity index is 2.13. The number of hydrogen-bond donors (Lipinski definition) is 0. The number of hydrogen-bond acceptors (Lipinski definition) is 2. The van der Waals surface area contributed by atoms with Gasteiger partial charge in [0, 0.05) is 17.6 Å². The zero-order chi connectivity index (χ0) is 13.6. The van der Waals surface area contributed by atoms with Gasteiger partial charge in [0.15, 0.2) is 0 Å². The molecule has 0 aromatic heterocycles. The van der Waals surface area contributed by atoms with Gasteiger partial charge in [-0.15, -0.1) is 0 Å². The standard InChI is InChI=1S/C10H9BrF3NO2S/c11-8-1-3-9(4-2-8)18(16,17)15-5-7(6-15)10(12,13)14/h1-4,7H,5-6H2. The van der Waals surface area contributed by atoms with Crippen molar-refractivity contribution in [2.75, 3.05) is 13.1 Å². The minimum Gasteiger partial charge on any atom is -0.207 e. The van der Waals surface area contributed by atoms with Crippen LogP contribution in [0.25, 0.3) is 0 Å². The first-order chi connectivity index (χ1) is 8.21. The molecule has 1 saturated heterocycles. The highest BCUT2D eigenvalue weighted by molar-refractivity contribution is 9.10. The molecule has 1 aromatic carbocycles. The van der Waals surface area contributed by atoms with E-state index in [1.165, 1.54) is 24.3 Å². The highest BCUT2D eigenvalue weighted by Gasteiger charge is 2.50. The van der Waals surface area contributed by atoms with Crippen molar-refractivity contribution >= 4 is 26.0 Å². The second-order valence-corrected chi connectivity index (χ2v) is 6.87. The summed E-state index contributed by atoms with van der Waals surface area (Å²) in [5.74, 6) is -1.55. The zero-order valence-electron chi connectivity index (χ0n) is 8.98. The largest absolute Gasteiger partial charge is 0.394 e. The summed E-state index contributed by atoms with van der Waals surface area (Å²) < 4.78 is 62.3. The Bertz CT molecular complexity index is 535. The lowest BCUT2D eigenvalue weighted by Crippen LogP contribution is -2.55. The summed E-state index contributed by atoms with van der Waals surface area (Å²) in [5, 5.41) is 0. The van der Waals surface area contributed by atoms with E-state index in [1.807, 2.05) is 0 Å². The van der Waals surface area contributed by atoms with E-state index in [9.17, 15) is 21.6 Å². The highest BCUT2D eigenvalue weighted by atomic mass is 79.9. The Morgan fingerprint density at radius 1 is 1.17 bits per heavy atom. The van der Waals surface area contributed by atoms with Crippen LogP contribution < -0.4 is 0 Å². The second kappa shape index (κ2) is 4.50. The maximum Gasteiger partial charge on any atom is 0.394 e. The summed E-state index contributed by atoms with van der Waals surface area (Å²) in [6.07, 6.45) is -4.33. The van der Waals surface area contributed by atoms with E-state index in [4.69, 9.17) is 0 Å². The van der Waals surface area contributed by atoms with E-state index >= 15 is 0 Å². The summed E-state index contributed by atoms with van der Waals surface area (Å²) in [4.78, 5) is 0.00586. The molecule has 1 aliphatic heterocycles. The van der Waals surface area contributed by atoms with Gasteiger partial charge in [0.1, 0.15) is 0 Å². The lowest BCUT2D eigenvalue weighted by Gasteiger charge is -2.38. The SMILES string of the molecule is O=S(=O)(c1ccc(Br)cc1)N1CC(C(F)(F)F)C1. The minimum atomic E-state index is -4.33. The molecule has 1 fully saturated rings. The van der Waals surface area contributed by atoms with E-state index < -0.39 is 35.2 Å². The van der Waals surface area contributed by atoms with Crippen molar-refractivity contribution < 1.29 is 21.6 Å². The summed E-state index contributed by atoms with van der Waals surface area (Å²) in [5.41, 5.74) is 0. The molecule has 0 bridgehead atoms. The van der Waals surface area contributed by atoms with Crippen molar-refractivity contribution in [3.8, 4) is 0 Å². The third-order valence-corrected chi connectivity index (χ3v) is 5.14. The van der Waals surface area contributed by atoms with Crippen molar-refractivity contribution in [3.63, 3.8) is 0 Å². The average molecular weight is 344 g/mol. The monoisotopic (exact) mass is 343 g/mol. The first-order valence-corrected chi connectivity index (χ1v) is 7.27. The second-order valence-electron chi connectivity index (χ2n) is 4.01. The molecule has 1 aliphatic rings. The van der Waals surface area contributed by atoms with Crippen molar-refractivity contribution in [1.82, 2.24) is 4.31 Å². The van der Waals surface area contributed by atoms with Gasteiger partial charge in [-0.2, -0.15) is 17.5 Å². The van der Waals surface area contributed by atoms with Gasteiger partial charge in [0.25, 0.3) is 0 Å². The smallest absolute Gasteiger partial charge is 0.207 e. The van der Waals surface area contributed by atoms with Crippen molar-refractivity contribution in [2.24, 2.45) is 5.92 Å². The molecule has 0 spiro atoms. The number of sulfonamides is 1. The molecule has 100 valence electrons. The van der Waals surface area contributed by atoms with Gasteiger partial charge < -0.3 is 0 Å². The van der Waals surface area contributed by atoms with Crippen LogP contribution in [0.3, 0.4) is 0 Å². The fourth-order valence-electron chi connectivity index (χ4n) is 1.60. The van der Waals surface area contributed by atoms with Crippen LogP contribution in [-0.4, -0.2) is 32.0 Å². The molecule has 0 amide bonds. The van der Waals surface area contributed by atoms with Crippen molar-refractivity contribution in [3.05, 3.63) is 28.7 Å². The fraction of sp³-hybridized carbons (Fsp3) is 0.400. The van der Waals surface area contributed by atoms with Crippen LogP contribution in [0, 0.1) is 5.92 Å². The quantitative estimate of drug-likeness (QED) is 0.827. The molecule has 0 aliphatic carbocycles. The Kier molecular flexibility index (Phi) is 3.46. The third kappa shape index (κ3) is 2.55. The predicted octanol–water partition coefficient (Wildman–Crippen LogP) is 2.63. The van der Waals surface area contributed by atoms with E-state index in [0.717, 1.165) is 4.31 Å². The van der Waals surface area contributed by atoms with Gasteiger partial charge in [-0.3, -0.25) is 0 Å². The Labute approximate surface area is 111 Å². The molecular formula is C10H9BrF3NO2S. The van der Waals surface area contributed by atoms with Gasteiger partial charge in [-0.25, -0.2) is 8.42 Å². The number of nitrogens with zero attached hydrogens (tertiary/aromatic N) is 1. The van der Waals surface area contributed by atoms with Crippen molar-refractivity contribution in [2.45, 2.75) is 11.1 Å². The van der Waals surface area contributed by atoms with Gasteiger partial charge in [-0.05, 0) is 24.3 Å². The lowest BCUT2D eigenvalue weighted by molar-refractivity contribution is -0.198. The average Bonchev–Trinajstić information content (AvgIpc) is 2.12. The molecular weight excluding hydrogens is 335 g/mol. The molecule has 0 saturated carbocycles. The van der Waals surface area contributed by atoms with Crippen LogP contribution in [0.2, 0.25) is 0 Å². The number of benzene rings is 1. The summed E-state index contributed by atoms with van der Waals surface area (Å²) in [6.45, 7) is -0.996. The molecule has 0 unspecified atom stereocenters. The summed E-state index contributed by atoms with van der Waals surface area (Å²) >= 11 is 3.16. The van der Waals surface area contributed by atoms with Crippen LogP contribution in [0.5, 0.6) is 0 Å². The van der Waals surface area contributed by atoms with Gasteiger partial charge in [0.2, 0.25) is 10.0 Å². The van der Waals surface area contributed by atoms with Crippen molar-refractivity contribution in [1.29, 1.82) is 0 Å². The van der Waals surface area contributed by atoms with Crippen LogP contribution in [0.4, 0.5) is 13.2 Å². The van der Waals surface area contributed by atoms with Gasteiger partial charge >= 0.3 is 6.18 Å². The lowest BCUT2D eigenvalue weighted by atomic mass is 10.0. The summed E-state index contributed by atoms with van der Waals surface area (Å²) in [7, 11) is -3.80. The molecule has 8 heteroatoms. The normalized spacial score (nSPS) is 18.7. The number of rotatable bonds is 2. The molecule has 1 aromatic rings. The first-order valence-electron chi connectivity index (χ1n) is 5.03. The molecule has 2 rings (SSSR count). The molecule has 3 nitrogen and oxygen atoms in total. The Hall–Kier alpha value is -0.600.